The molecular weight excluding hydrogens is 206 g/mol. The van der Waals surface area contributed by atoms with Gasteiger partial charge in [-0.05, 0) is 12.5 Å². The van der Waals surface area contributed by atoms with Crippen molar-refractivity contribution in [2.75, 3.05) is 0 Å². The molecule has 0 fully saturated rings. The molecule has 0 aliphatic heterocycles. The first kappa shape index (κ1) is 10.2. The summed E-state index contributed by atoms with van der Waals surface area (Å²) >= 11 is 4.29. The van der Waals surface area contributed by atoms with Crippen LogP contribution in [-0.2, 0) is 6.54 Å². The first-order valence-electron chi connectivity index (χ1n) is 4.87. The van der Waals surface area contributed by atoms with Crippen LogP contribution in [0.5, 0.6) is 0 Å². The van der Waals surface area contributed by atoms with Gasteiger partial charge in [0.1, 0.15) is 6.33 Å². The summed E-state index contributed by atoms with van der Waals surface area (Å²) in [4.78, 5) is 4.19. The standard InChI is InChI=1S/C11H13N3S/c1-9(15)11-12-8-14(13-11)7-10-5-3-2-4-6-10/h2-6,8-9,15H,7H2,1H3. The third-order valence-electron chi connectivity index (χ3n) is 2.12. The summed E-state index contributed by atoms with van der Waals surface area (Å²) in [6.07, 6.45) is 1.75. The maximum Gasteiger partial charge on any atom is 0.162 e. The van der Waals surface area contributed by atoms with Crippen molar-refractivity contribution in [1.29, 1.82) is 0 Å². The van der Waals surface area contributed by atoms with Crippen LogP contribution in [0.25, 0.3) is 0 Å². The molecule has 1 aromatic heterocycles. The molecule has 0 aliphatic carbocycles. The molecule has 1 aromatic carbocycles. The predicted molar refractivity (Wildman–Crippen MR) is 63.0 cm³/mol. The smallest absolute Gasteiger partial charge is 0.162 e. The Kier molecular flexibility index (Phi) is 3.06. The molecule has 3 nitrogen and oxygen atoms in total. The lowest BCUT2D eigenvalue weighted by Gasteiger charge is -2.00. The fraction of sp³-hybridized carbons (Fsp3) is 0.273. The fourth-order valence-corrected chi connectivity index (χ4v) is 1.47. The van der Waals surface area contributed by atoms with E-state index in [4.69, 9.17) is 0 Å². The lowest BCUT2D eigenvalue weighted by atomic mass is 10.2. The summed E-state index contributed by atoms with van der Waals surface area (Å²) < 4.78 is 1.83. The van der Waals surface area contributed by atoms with E-state index in [0.717, 1.165) is 12.4 Å². The Morgan fingerprint density at radius 3 is 2.67 bits per heavy atom. The van der Waals surface area contributed by atoms with E-state index >= 15 is 0 Å². The first-order valence-corrected chi connectivity index (χ1v) is 5.38. The van der Waals surface area contributed by atoms with Gasteiger partial charge in [0.15, 0.2) is 5.82 Å². The van der Waals surface area contributed by atoms with Gasteiger partial charge in [-0.15, -0.1) is 0 Å². The van der Waals surface area contributed by atoms with Gasteiger partial charge in [0, 0.05) is 0 Å². The molecule has 4 heteroatoms. The minimum absolute atomic E-state index is 0.0852. The maximum absolute atomic E-state index is 4.33. The minimum atomic E-state index is 0.0852. The normalized spacial score (nSPS) is 12.7. The lowest BCUT2D eigenvalue weighted by molar-refractivity contribution is 0.672. The molecule has 2 rings (SSSR count). The third kappa shape index (κ3) is 2.59. The van der Waals surface area contributed by atoms with E-state index in [1.54, 1.807) is 6.33 Å². The quantitative estimate of drug-likeness (QED) is 0.803. The van der Waals surface area contributed by atoms with E-state index in [-0.39, 0.29) is 5.25 Å². The summed E-state index contributed by atoms with van der Waals surface area (Å²) in [5.74, 6) is 0.772. The largest absolute Gasteiger partial charge is 0.248 e. The Balaban J connectivity index is 2.12. The highest BCUT2D eigenvalue weighted by Gasteiger charge is 2.05. The Morgan fingerprint density at radius 1 is 1.33 bits per heavy atom. The van der Waals surface area contributed by atoms with E-state index in [1.165, 1.54) is 5.56 Å². The molecule has 2 aromatic rings. The van der Waals surface area contributed by atoms with Crippen LogP contribution < -0.4 is 0 Å². The monoisotopic (exact) mass is 219 g/mol. The van der Waals surface area contributed by atoms with Crippen molar-refractivity contribution in [2.45, 2.75) is 18.7 Å². The van der Waals surface area contributed by atoms with E-state index in [0.29, 0.717) is 0 Å². The molecule has 0 amide bonds. The zero-order valence-corrected chi connectivity index (χ0v) is 9.43. The molecule has 1 unspecified atom stereocenters. The summed E-state index contributed by atoms with van der Waals surface area (Å²) in [6, 6.07) is 10.2. The molecule has 0 bridgehead atoms. The zero-order valence-electron chi connectivity index (χ0n) is 8.54. The van der Waals surface area contributed by atoms with E-state index < -0.39 is 0 Å². The van der Waals surface area contributed by atoms with Gasteiger partial charge in [0.25, 0.3) is 0 Å². The fourth-order valence-electron chi connectivity index (χ4n) is 1.35. The van der Waals surface area contributed by atoms with Crippen molar-refractivity contribution in [3.63, 3.8) is 0 Å². The molecule has 0 radical (unpaired) electrons. The van der Waals surface area contributed by atoms with Gasteiger partial charge in [-0.3, -0.25) is 0 Å². The minimum Gasteiger partial charge on any atom is -0.248 e. The number of hydrogen-bond acceptors (Lipinski definition) is 3. The average Bonchev–Trinajstić information content (AvgIpc) is 2.68. The molecule has 0 N–H and O–H groups in total. The number of aromatic nitrogens is 3. The van der Waals surface area contributed by atoms with Crippen LogP contribution in [0.4, 0.5) is 0 Å². The van der Waals surface area contributed by atoms with Gasteiger partial charge >= 0.3 is 0 Å². The molecule has 1 atom stereocenters. The molecule has 0 saturated carbocycles. The highest BCUT2D eigenvalue weighted by molar-refractivity contribution is 7.80. The van der Waals surface area contributed by atoms with Gasteiger partial charge in [0.2, 0.25) is 0 Å². The second-order valence-electron chi connectivity index (χ2n) is 3.46. The summed E-state index contributed by atoms with van der Waals surface area (Å²) in [5.41, 5.74) is 1.22. The van der Waals surface area contributed by atoms with Crippen molar-refractivity contribution >= 4 is 12.6 Å². The van der Waals surface area contributed by atoms with Crippen molar-refractivity contribution in [3.8, 4) is 0 Å². The maximum atomic E-state index is 4.33. The summed E-state index contributed by atoms with van der Waals surface area (Å²) in [5, 5.41) is 4.42. The van der Waals surface area contributed by atoms with Crippen LogP contribution in [0.15, 0.2) is 36.7 Å². The second-order valence-corrected chi connectivity index (χ2v) is 4.24. The predicted octanol–water partition coefficient (Wildman–Crippen LogP) is 2.32. The molecule has 0 spiro atoms. The van der Waals surface area contributed by atoms with E-state index in [9.17, 15) is 0 Å². The zero-order chi connectivity index (χ0) is 10.7. The number of nitrogens with zero attached hydrogens (tertiary/aromatic N) is 3. The molecule has 0 saturated heterocycles. The highest BCUT2D eigenvalue weighted by Crippen LogP contribution is 2.13. The summed E-state index contributed by atoms with van der Waals surface area (Å²) in [7, 11) is 0. The summed E-state index contributed by atoms with van der Waals surface area (Å²) in [6.45, 7) is 2.72. The number of hydrogen-bond donors (Lipinski definition) is 1. The number of rotatable bonds is 3. The molecule has 15 heavy (non-hydrogen) atoms. The molecule has 78 valence electrons. The van der Waals surface area contributed by atoms with Crippen LogP contribution in [0.2, 0.25) is 0 Å². The highest BCUT2D eigenvalue weighted by atomic mass is 32.1. The van der Waals surface area contributed by atoms with Gasteiger partial charge < -0.3 is 0 Å². The molecule has 0 aliphatic rings. The Morgan fingerprint density at radius 2 is 2.07 bits per heavy atom. The second kappa shape index (κ2) is 4.49. The molecule has 1 heterocycles. The average molecular weight is 219 g/mol. The number of thiol groups is 1. The van der Waals surface area contributed by atoms with Gasteiger partial charge in [0.05, 0.1) is 11.8 Å². The van der Waals surface area contributed by atoms with Crippen LogP contribution >= 0.6 is 12.6 Å². The third-order valence-corrected chi connectivity index (χ3v) is 2.35. The van der Waals surface area contributed by atoms with Crippen molar-refractivity contribution in [3.05, 3.63) is 48.0 Å². The van der Waals surface area contributed by atoms with Crippen molar-refractivity contribution in [2.24, 2.45) is 0 Å². The van der Waals surface area contributed by atoms with Gasteiger partial charge in [-0.1, -0.05) is 30.3 Å². The van der Waals surface area contributed by atoms with Crippen molar-refractivity contribution in [1.82, 2.24) is 14.8 Å². The van der Waals surface area contributed by atoms with Gasteiger partial charge in [-0.25, -0.2) is 9.67 Å². The van der Waals surface area contributed by atoms with Crippen LogP contribution in [-0.4, -0.2) is 14.8 Å². The molecular formula is C11H13N3S. The SMILES string of the molecule is CC(S)c1ncn(Cc2ccccc2)n1. The lowest BCUT2D eigenvalue weighted by Crippen LogP contribution is -2.01. The Hall–Kier alpha value is -1.29. The van der Waals surface area contributed by atoms with E-state index in [2.05, 4.69) is 34.8 Å². The van der Waals surface area contributed by atoms with Gasteiger partial charge in [-0.2, -0.15) is 17.7 Å². The Labute approximate surface area is 94.6 Å². The number of benzene rings is 1. The van der Waals surface area contributed by atoms with Crippen LogP contribution in [0.1, 0.15) is 23.6 Å². The Bertz CT molecular complexity index is 422. The van der Waals surface area contributed by atoms with E-state index in [1.807, 2.05) is 29.8 Å². The van der Waals surface area contributed by atoms with Crippen LogP contribution in [0.3, 0.4) is 0 Å². The first-order chi connectivity index (χ1) is 7.25. The van der Waals surface area contributed by atoms with Crippen LogP contribution in [0, 0.1) is 0 Å². The topological polar surface area (TPSA) is 30.7 Å². The van der Waals surface area contributed by atoms with Crippen molar-refractivity contribution < 1.29 is 0 Å².